The first-order valence-electron chi connectivity index (χ1n) is 11.3. The molecule has 1 aliphatic heterocycles. The third-order valence-corrected chi connectivity index (χ3v) is 6.50. The number of nitrogens with zero attached hydrogens (tertiary/aromatic N) is 1. The van der Waals surface area contributed by atoms with Crippen molar-refractivity contribution in [3.63, 3.8) is 0 Å². The quantitative estimate of drug-likeness (QED) is 0.357. The summed E-state index contributed by atoms with van der Waals surface area (Å²) in [6.45, 7) is -1.26. The first-order valence-corrected chi connectivity index (χ1v) is 13.1. The second-order valence-corrected chi connectivity index (χ2v) is 10.1. The van der Waals surface area contributed by atoms with Crippen molar-refractivity contribution in [1.82, 2.24) is 4.90 Å². The Kier molecular flexibility index (Phi) is 9.05. The van der Waals surface area contributed by atoms with E-state index in [2.05, 4.69) is 4.74 Å². The van der Waals surface area contributed by atoms with Gasteiger partial charge in [0.25, 0.3) is 16.0 Å². The molecule has 2 atom stereocenters. The molecular weight excluding hydrogens is 519 g/mol. The van der Waals surface area contributed by atoms with Gasteiger partial charge >= 0.3 is 6.36 Å². The van der Waals surface area contributed by atoms with Crippen LogP contribution in [0.15, 0.2) is 48.5 Å². The lowest BCUT2D eigenvalue weighted by atomic mass is 9.76. The van der Waals surface area contributed by atoms with Crippen molar-refractivity contribution in [2.24, 2.45) is 5.92 Å². The fourth-order valence-electron chi connectivity index (χ4n) is 4.12. The highest BCUT2D eigenvalue weighted by atomic mass is 32.2. The van der Waals surface area contributed by atoms with Crippen LogP contribution in [0.1, 0.15) is 22.3 Å². The highest BCUT2D eigenvalue weighted by Crippen LogP contribution is 2.38. The summed E-state index contributed by atoms with van der Waals surface area (Å²) in [5.74, 6) is -0.904. The van der Waals surface area contributed by atoms with Crippen LogP contribution in [-0.2, 0) is 24.6 Å². The summed E-state index contributed by atoms with van der Waals surface area (Å²) < 4.78 is 78.8. The number of aliphatic hydroxyl groups is 1. The Hall–Kier alpha value is -2.87. The fraction of sp³-hybridized carbons (Fsp3) is 0.458. The molecule has 2 unspecified atom stereocenters. The summed E-state index contributed by atoms with van der Waals surface area (Å²) in [7, 11) is -2.47. The van der Waals surface area contributed by atoms with Gasteiger partial charge in [0, 0.05) is 24.6 Å². The first-order chi connectivity index (χ1) is 17.3. The van der Waals surface area contributed by atoms with E-state index in [1.165, 1.54) is 30.2 Å². The Morgan fingerprint density at radius 2 is 1.84 bits per heavy atom. The van der Waals surface area contributed by atoms with E-state index in [1.807, 2.05) is 0 Å². The lowest BCUT2D eigenvalue weighted by molar-refractivity contribution is -0.325. The SMILES string of the molecule is COc1cc(C(=O)N2CCC(O)(c3ccccc3)C(COS(C)(=O)=O)C2)ccc1OCCOC(F)(F)F. The van der Waals surface area contributed by atoms with Gasteiger partial charge in [0.1, 0.15) is 6.61 Å². The van der Waals surface area contributed by atoms with E-state index in [9.17, 15) is 31.5 Å². The highest BCUT2D eigenvalue weighted by Gasteiger charge is 2.44. The maximum Gasteiger partial charge on any atom is 0.522 e. The molecule has 0 radical (unpaired) electrons. The van der Waals surface area contributed by atoms with Crippen LogP contribution in [0.2, 0.25) is 0 Å². The number of ether oxygens (including phenoxy) is 3. The number of rotatable bonds is 10. The summed E-state index contributed by atoms with van der Waals surface area (Å²) in [6.07, 6.45) is -3.72. The van der Waals surface area contributed by atoms with Crippen LogP contribution in [0, 0.1) is 5.92 Å². The lowest BCUT2D eigenvalue weighted by Gasteiger charge is -2.44. The molecule has 1 amide bonds. The molecule has 2 aromatic rings. The van der Waals surface area contributed by atoms with Crippen LogP contribution in [-0.4, -0.2) is 77.0 Å². The number of carbonyl (C=O) groups excluding carboxylic acids is 1. The third kappa shape index (κ3) is 7.81. The number of hydrogen-bond donors (Lipinski definition) is 1. The van der Waals surface area contributed by atoms with Gasteiger partial charge in [-0.25, -0.2) is 0 Å². The largest absolute Gasteiger partial charge is 0.522 e. The van der Waals surface area contributed by atoms with Crippen molar-refractivity contribution in [2.45, 2.75) is 18.4 Å². The van der Waals surface area contributed by atoms with Crippen LogP contribution in [0.25, 0.3) is 0 Å². The molecular formula is C24H28F3NO8S. The molecule has 37 heavy (non-hydrogen) atoms. The Balaban J connectivity index is 1.75. The summed E-state index contributed by atoms with van der Waals surface area (Å²) in [6, 6.07) is 13.0. The van der Waals surface area contributed by atoms with Crippen molar-refractivity contribution >= 4 is 16.0 Å². The van der Waals surface area contributed by atoms with Crippen LogP contribution >= 0.6 is 0 Å². The standard InChI is InChI=1S/C24H28F3NO8S/c1-33-21-14-17(8-9-20(21)34-12-13-35-24(25,26)27)22(29)28-11-10-23(30,18-6-4-3-5-7-18)19(15-28)16-36-37(2,31)32/h3-9,14,19,30H,10-13,15-16H2,1-2H3. The minimum absolute atomic E-state index is 0.00902. The zero-order valence-electron chi connectivity index (χ0n) is 20.2. The van der Waals surface area contributed by atoms with E-state index in [0.717, 1.165) is 6.26 Å². The Morgan fingerprint density at radius 3 is 2.46 bits per heavy atom. The molecule has 1 saturated heterocycles. The van der Waals surface area contributed by atoms with Gasteiger partial charge < -0.3 is 19.5 Å². The van der Waals surface area contributed by atoms with Gasteiger partial charge in [-0.1, -0.05) is 30.3 Å². The van der Waals surface area contributed by atoms with Gasteiger partial charge in [-0.15, -0.1) is 13.2 Å². The molecule has 3 rings (SSSR count). The molecule has 1 fully saturated rings. The zero-order chi connectivity index (χ0) is 27.3. The number of alkyl halides is 3. The predicted molar refractivity (Wildman–Crippen MR) is 126 cm³/mol. The lowest BCUT2D eigenvalue weighted by Crippen LogP contribution is -2.53. The van der Waals surface area contributed by atoms with E-state index < -0.39 is 47.1 Å². The number of likely N-dealkylation sites (tertiary alicyclic amines) is 1. The number of hydrogen-bond acceptors (Lipinski definition) is 8. The van der Waals surface area contributed by atoms with Gasteiger partial charge in [0.2, 0.25) is 0 Å². The molecule has 1 heterocycles. The number of methoxy groups -OCH3 is 1. The van der Waals surface area contributed by atoms with Gasteiger partial charge in [0.15, 0.2) is 11.5 Å². The molecule has 0 aliphatic carbocycles. The maximum absolute atomic E-state index is 13.3. The molecule has 0 aromatic heterocycles. The monoisotopic (exact) mass is 547 g/mol. The van der Waals surface area contributed by atoms with Crippen LogP contribution in [0.5, 0.6) is 11.5 Å². The van der Waals surface area contributed by atoms with E-state index in [4.69, 9.17) is 13.7 Å². The highest BCUT2D eigenvalue weighted by molar-refractivity contribution is 7.85. The molecule has 0 bridgehead atoms. The van der Waals surface area contributed by atoms with Crippen molar-refractivity contribution in [1.29, 1.82) is 0 Å². The van der Waals surface area contributed by atoms with Crippen molar-refractivity contribution < 1.29 is 49.9 Å². The average molecular weight is 548 g/mol. The number of halogens is 3. The zero-order valence-corrected chi connectivity index (χ0v) is 21.0. The van der Waals surface area contributed by atoms with Gasteiger partial charge in [-0.3, -0.25) is 13.7 Å². The minimum Gasteiger partial charge on any atom is -0.493 e. The molecule has 0 spiro atoms. The second kappa shape index (κ2) is 11.7. The number of carbonyl (C=O) groups is 1. The molecule has 13 heteroatoms. The van der Waals surface area contributed by atoms with E-state index in [0.29, 0.717) is 5.56 Å². The fourth-order valence-corrected chi connectivity index (χ4v) is 4.53. The Labute approximate surface area is 212 Å². The molecule has 1 N–H and O–H groups in total. The smallest absolute Gasteiger partial charge is 0.493 e. The van der Waals surface area contributed by atoms with Gasteiger partial charge in [0.05, 0.1) is 32.2 Å². The topological polar surface area (TPSA) is 112 Å². The summed E-state index contributed by atoms with van der Waals surface area (Å²) in [5, 5.41) is 11.5. The van der Waals surface area contributed by atoms with E-state index >= 15 is 0 Å². The molecule has 2 aromatic carbocycles. The van der Waals surface area contributed by atoms with Gasteiger partial charge in [-0.05, 0) is 30.2 Å². The molecule has 204 valence electrons. The third-order valence-electron chi connectivity index (χ3n) is 5.94. The molecule has 1 aliphatic rings. The Morgan fingerprint density at radius 1 is 1.14 bits per heavy atom. The summed E-state index contributed by atoms with van der Waals surface area (Å²) in [4.78, 5) is 14.8. The normalized spacial score (nSPS) is 20.5. The van der Waals surface area contributed by atoms with Crippen molar-refractivity contribution in [3.8, 4) is 11.5 Å². The number of piperidine rings is 1. The minimum atomic E-state index is -4.77. The van der Waals surface area contributed by atoms with Crippen molar-refractivity contribution in [2.75, 3.05) is 46.3 Å². The first kappa shape index (κ1) is 28.7. The summed E-state index contributed by atoms with van der Waals surface area (Å²) >= 11 is 0. The second-order valence-electron chi connectivity index (χ2n) is 8.49. The maximum atomic E-state index is 13.3. The molecule has 0 saturated carbocycles. The van der Waals surface area contributed by atoms with E-state index in [-0.39, 0.29) is 43.2 Å². The Bertz CT molecular complexity index is 1180. The number of benzene rings is 2. The predicted octanol–water partition coefficient (Wildman–Crippen LogP) is 2.94. The van der Waals surface area contributed by atoms with Crippen molar-refractivity contribution in [3.05, 3.63) is 59.7 Å². The summed E-state index contributed by atoms with van der Waals surface area (Å²) in [5.41, 5.74) is -0.623. The van der Waals surface area contributed by atoms with E-state index in [1.54, 1.807) is 30.3 Å². The van der Waals surface area contributed by atoms with Gasteiger partial charge in [-0.2, -0.15) is 8.42 Å². The number of amides is 1. The van der Waals surface area contributed by atoms with Crippen LogP contribution in [0.4, 0.5) is 13.2 Å². The molecule has 9 nitrogen and oxygen atoms in total. The van der Waals surface area contributed by atoms with Crippen LogP contribution in [0.3, 0.4) is 0 Å². The average Bonchev–Trinajstić information content (AvgIpc) is 2.85. The van der Waals surface area contributed by atoms with Crippen LogP contribution < -0.4 is 9.47 Å².